The Morgan fingerprint density at radius 2 is 1.92 bits per heavy atom. The highest BCUT2D eigenvalue weighted by Gasteiger charge is 2.27. The van der Waals surface area contributed by atoms with Crippen molar-refractivity contribution in [2.24, 2.45) is 0 Å². The van der Waals surface area contributed by atoms with E-state index >= 15 is 0 Å². The molecule has 1 amide bonds. The molecule has 6 heteroatoms. The Balaban J connectivity index is 1.98. The summed E-state index contributed by atoms with van der Waals surface area (Å²) in [6.07, 6.45) is 1.45. The fourth-order valence-corrected chi connectivity index (χ4v) is 2.94. The van der Waals surface area contributed by atoms with Crippen LogP contribution in [0.5, 0.6) is 0 Å². The third-order valence-electron chi connectivity index (χ3n) is 4.32. The smallest absolute Gasteiger partial charge is 0.339 e. The van der Waals surface area contributed by atoms with Gasteiger partial charge in [0.15, 0.2) is 0 Å². The molecule has 0 fully saturated rings. The summed E-state index contributed by atoms with van der Waals surface area (Å²) >= 11 is 0. The van der Waals surface area contributed by atoms with E-state index in [0.29, 0.717) is 23.4 Å². The number of likely N-dealkylation sites (N-methyl/N-ethyl adjacent to an activating group) is 1. The topological polar surface area (TPSA) is 62.7 Å². The third kappa shape index (κ3) is 3.20. The predicted molar refractivity (Wildman–Crippen MR) is 96.3 cm³/mol. The fraction of sp³-hybridized carbons (Fsp3) is 0.316. The number of anilines is 2. The van der Waals surface area contributed by atoms with E-state index in [1.54, 1.807) is 24.8 Å². The molecule has 1 aliphatic heterocycles. The summed E-state index contributed by atoms with van der Waals surface area (Å²) in [4.78, 5) is 33.2. The van der Waals surface area contributed by atoms with Gasteiger partial charge in [0.1, 0.15) is 0 Å². The molecule has 0 unspecified atom stereocenters. The SMILES string of the molecule is CCOC(=O)c1cnc(C)c(C(=O)N2CCN(C)c3ccccc32)c1. The Labute approximate surface area is 147 Å². The minimum Gasteiger partial charge on any atom is -0.462 e. The van der Waals surface area contributed by atoms with Crippen molar-refractivity contribution in [1.82, 2.24) is 4.98 Å². The number of aryl methyl sites for hydroxylation is 1. The number of amides is 1. The maximum Gasteiger partial charge on any atom is 0.339 e. The molecule has 0 aliphatic carbocycles. The molecular formula is C19H21N3O3. The van der Waals surface area contributed by atoms with Crippen molar-refractivity contribution in [3.8, 4) is 0 Å². The Morgan fingerprint density at radius 1 is 1.20 bits per heavy atom. The van der Waals surface area contributed by atoms with Gasteiger partial charge in [-0.3, -0.25) is 9.78 Å². The van der Waals surface area contributed by atoms with Crippen LogP contribution in [0.1, 0.15) is 33.3 Å². The number of carbonyl (C=O) groups excluding carboxylic acids is 2. The average Bonchev–Trinajstić information content (AvgIpc) is 2.62. The number of esters is 1. The van der Waals surface area contributed by atoms with Crippen molar-refractivity contribution >= 4 is 23.3 Å². The van der Waals surface area contributed by atoms with E-state index in [2.05, 4.69) is 9.88 Å². The second kappa shape index (κ2) is 6.93. The van der Waals surface area contributed by atoms with Crippen LogP contribution in [0.2, 0.25) is 0 Å². The van der Waals surface area contributed by atoms with Gasteiger partial charge in [0.05, 0.1) is 34.8 Å². The molecule has 0 saturated carbocycles. The monoisotopic (exact) mass is 339 g/mol. The van der Waals surface area contributed by atoms with Gasteiger partial charge in [-0.25, -0.2) is 4.79 Å². The first kappa shape index (κ1) is 17.0. The summed E-state index contributed by atoms with van der Waals surface area (Å²) in [5, 5.41) is 0. The van der Waals surface area contributed by atoms with Gasteiger partial charge >= 0.3 is 5.97 Å². The molecule has 3 rings (SSSR count). The van der Waals surface area contributed by atoms with Crippen molar-refractivity contribution in [3.05, 3.63) is 53.3 Å². The van der Waals surface area contributed by atoms with E-state index in [1.165, 1.54) is 6.20 Å². The number of nitrogens with zero attached hydrogens (tertiary/aromatic N) is 3. The fourth-order valence-electron chi connectivity index (χ4n) is 2.94. The van der Waals surface area contributed by atoms with E-state index in [9.17, 15) is 9.59 Å². The Morgan fingerprint density at radius 3 is 2.64 bits per heavy atom. The number of fused-ring (bicyclic) bond motifs is 1. The lowest BCUT2D eigenvalue weighted by Gasteiger charge is -2.35. The van der Waals surface area contributed by atoms with Crippen LogP contribution in [0.4, 0.5) is 11.4 Å². The molecule has 2 aromatic rings. The first-order valence-electron chi connectivity index (χ1n) is 8.28. The van der Waals surface area contributed by atoms with E-state index in [4.69, 9.17) is 4.74 Å². The summed E-state index contributed by atoms with van der Waals surface area (Å²) in [6, 6.07) is 9.37. The Hall–Kier alpha value is -2.89. The zero-order chi connectivity index (χ0) is 18.0. The zero-order valence-electron chi connectivity index (χ0n) is 14.7. The van der Waals surface area contributed by atoms with E-state index < -0.39 is 5.97 Å². The standard InChI is InChI=1S/C19H21N3O3/c1-4-25-19(24)14-11-15(13(2)20-12-14)18(23)22-10-9-21(3)16-7-5-6-8-17(16)22/h5-8,11-12H,4,9-10H2,1-3H3. The van der Waals surface area contributed by atoms with Gasteiger partial charge in [-0.2, -0.15) is 0 Å². The molecule has 0 radical (unpaired) electrons. The molecule has 0 atom stereocenters. The van der Waals surface area contributed by atoms with Crippen LogP contribution in [0.15, 0.2) is 36.5 Å². The number of benzene rings is 1. The van der Waals surface area contributed by atoms with Crippen LogP contribution in [0.3, 0.4) is 0 Å². The molecule has 25 heavy (non-hydrogen) atoms. The summed E-state index contributed by atoms with van der Waals surface area (Å²) in [7, 11) is 2.01. The lowest BCUT2D eigenvalue weighted by Crippen LogP contribution is -2.43. The second-order valence-electron chi connectivity index (χ2n) is 5.94. The molecular weight excluding hydrogens is 318 g/mol. The Kier molecular flexibility index (Phi) is 4.70. The van der Waals surface area contributed by atoms with Gasteiger partial charge in [-0.1, -0.05) is 12.1 Å². The molecule has 1 aromatic carbocycles. The predicted octanol–water partition coefficient (Wildman–Crippen LogP) is 2.66. The molecule has 1 aliphatic rings. The minimum atomic E-state index is -0.470. The van der Waals surface area contributed by atoms with E-state index in [0.717, 1.165) is 17.9 Å². The highest BCUT2D eigenvalue weighted by Crippen LogP contribution is 2.33. The lowest BCUT2D eigenvalue weighted by atomic mass is 10.1. The number of pyridine rings is 1. The number of aromatic nitrogens is 1. The maximum absolute atomic E-state index is 13.1. The molecule has 2 heterocycles. The quantitative estimate of drug-likeness (QED) is 0.805. The zero-order valence-corrected chi connectivity index (χ0v) is 14.7. The van der Waals surface area contributed by atoms with Crippen LogP contribution in [0.25, 0.3) is 0 Å². The molecule has 0 saturated heterocycles. The summed E-state index contributed by atoms with van der Waals surface area (Å²) in [5.41, 5.74) is 3.18. The van der Waals surface area contributed by atoms with Crippen LogP contribution in [-0.4, -0.2) is 43.6 Å². The maximum atomic E-state index is 13.1. The average molecular weight is 339 g/mol. The van der Waals surface area contributed by atoms with E-state index in [1.807, 2.05) is 31.3 Å². The summed E-state index contributed by atoms with van der Waals surface area (Å²) in [6.45, 7) is 5.11. The van der Waals surface area contributed by atoms with Crippen LogP contribution in [0, 0.1) is 6.92 Å². The first-order chi connectivity index (χ1) is 12.0. The summed E-state index contributed by atoms with van der Waals surface area (Å²) < 4.78 is 5.01. The number of ether oxygens (including phenoxy) is 1. The molecule has 0 spiro atoms. The van der Waals surface area contributed by atoms with Crippen LogP contribution < -0.4 is 9.80 Å². The molecule has 0 N–H and O–H groups in total. The minimum absolute atomic E-state index is 0.156. The van der Waals surface area contributed by atoms with Gasteiger partial charge in [-0.05, 0) is 32.0 Å². The van der Waals surface area contributed by atoms with E-state index in [-0.39, 0.29) is 12.5 Å². The number of para-hydroxylation sites is 2. The van der Waals surface area contributed by atoms with Crippen molar-refractivity contribution in [2.75, 3.05) is 36.5 Å². The highest BCUT2D eigenvalue weighted by atomic mass is 16.5. The lowest BCUT2D eigenvalue weighted by molar-refractivity contribution is 0.0526. The van der Waals surface area contributed by atoms with Gasteiger partial charge in [0, 0.05) is 26.3 Å². The molecule has 130 valence electrons. The van der Waals surface area contributed by atoms with Crippen LogP contribution in [-0.2, 0) is 4.74 Å². The second-order valence-corrected chi connectivity index (χ2v) is 5.94. The number of carbonyl (C=O) groups is 2. The van der Waals surface area contributed by atoms with Crippen molar-refractivity contribution in [3.63, 3.8) is 0 Å². The largest absolute Gasteiger partial charge is 0.462 e. The molecule has 1 aromatic heterocycles. The highest BCUT2D eigenvalue weighted by molar-refractivity contribution is 6.09. The third-order valence-corrected chi connectivity index (χ3v) is 4.32. The summed E-state index contributed by atoms with van der Waals surface area (Å²) in [5.74, 6) is -0.625. The Bertz CT molecular complexity index is 819. The molecule has 0 bridgehead atoms. The van der Waals surface area contributed by atoms with Gasteiger partial charge in [-0.15, -0.1) is 0 Å². The molecule has 6 nitrogen and oxygen atoms in total. The van der Waals surface area contributed by atoms with Crippen molar-refractivity contribution in [1.29, 1.82) is 0 Å². The van der Waals surface area contributed by atoms with Gasteiger partial charge in [0.25, 0.3) is 5.91 Å². The van der Waals surface area contributed by atoms with Gasteiger partial charge < -0.3 is 14.5 Å². The normalized spacial score (nSPS) is 13.4. The first-order valence-corrected chi connectivity index (χ1v) is 8.28. The van der Waals surface area contributed by atoms with Crippen LogP contribution >= 0.6 is 0 Å². The van der Waals surface area contributed by atoms with Crippen molar-refractivity contribution in [2.45, 2.75) is 13.8 Å². The van der Waals surface area contributed by atoms with Crippen molar-refractivity contribution < 1.29 is 14.3 Å². The number of hydrogen-bond acceptors (Lipinski definition) is 5. The number of rotatable bonds is 3. The number of hydrogen-bond donors (Lipinski definition) is 0. The van der Waals surface area contributed by atoms with Gasteiger partial charge in [0.2, 0.25) is 0 Å².